The molecule has 17 heavy (non-hydrogen) atoms. The summed E-state index contributed by atoms with van der Waals surface area (Å²) in [5.41, 5.74) is 3.19. The van der Waals surface area contributed by atoms with E-state index >= 15 is 0 Å². The molecule has 3 nitrogen and oxygen atoms in total. The lowest BCUT2D eigenvalue weighted by Gasteiger charge is -2.06. The van der Waals surface area contributed by atoms with Crippen LogP contribution in [0.1, 0.15) is 16.3 Å². The monoisotopic (exact) mass is 249 g/mol. The average molecular weight is 249 g/mol. The maximum atomic E-state index is 9.09. The van der Waals surface area contributed by atoms with Crippen LogP contribution in [0.4, 0.5) is 0 Å². The van der Waals surface area contributed by atoms with E-state index in [4.69, 9.17) is 9.84 Å². The molecule has 4 heteroatoms. The van der Waals surface area contributed by atoms with Crippen molar-refractivity contribution in [3.05, 3.63) is 34.5 Å². The Balaban J connectivity index is 2.45. The molecule has 2 rings (SSSR count). The maximum absolute atomic E-state index is 9.09. The molecule has 0 aliphatic rings. The van der Waals surface area contributed by atoms with E-state index < -0.39 is 0 Å². The van der Waals surface area contributed by atoms with Crippen LogP contribution in [0.25, 0.3) is 10.4 Å². The van der Waals surface area contributed by atoms with Crippen LogP contribution in [-0.4, -0.2) is 17.2 Å². The SMILES string of the molecule is COc1ccc(-c2sc(CO)nc2C)cc1C. The normalized spacial score (nSPS) is 10.6. The van der Waals surface area contributed by atoms with E-state index in [1.807, 2.05) is 26.0 Å². The van der Waals surface area contributed by atoms with E-state index in [1.54, 1.807) is 7.11 Å². The minimum Gasteiger partial charge on any atom is -0.496 e. The molecule has 0 radical (unpaired) electrons. The summed E-state index contributed by atoms with van der Waals surface area (Å²) in [4.78, 5) is 5.43. The van der Waals surface area contributed by atoms with Gasteiger partial charge in [-0.3, -0.25) is 0 Å². The third-order valence-corrected chi connectivity index (χ3v) is 3.82. The average Bonchev–Trinajstić information content (AvgIpc) is 2.70. The van der Waals surface area contributed by atoms with Crippen molar-refractivity contribution < 1.29 is 9.84 Å². The highest BCUT2D eigenvalue weighted by Gasteiger charge is 2.10. The number of benzene rings is 1. The lowest BCUT2D eigenvalue weighted by molar-refractivity contribution is 0.281. The largest absolute Gasteiger partial charge is 0.496 e. The van der Waals surface area contributed by atoms with Crippen LogP contribution in [-0.2, 0) is 6.61 Å². The van der Waals surface area contributed by atoms with Gasteiger partial charge in [-0.2, -0.15) is 0 Å². The number of aromatic nitrogens is 1. The number of thiazole rings is 1. The molecule has 0 atom stereocenters. The van der Waals surface area contributed by atoms with Crippen molar-refractivity contribution in [2.45, 2.75) is 20.5 Å². The molecule has 1 heterocycles. The Bertz CT molecular complexity index is 534. The minimum absolute atomic E-state index is 0.000638. The summed E-state index contributed by atoms with van der Waals surface area (Å²) in [6.45, 7) is 3.98. The number of hydrogen-bond acceptors (Lipinski definition) is 4. The minimum atomic E-state index is 0.000638. The van der Waals surface area contributed by atoms with Crippen molar-refractivity contribution in [2.24, 2.45) is 0 Å². The molecular formula is C13H15NO2S. The molecule has 0 saturated heterocycles. The van der Waals surface area contributed by atoms with Crippen molar-refractivity contribution in [2.75, 3.05) is 7.11 Å². The lowest BCUT2D eigenvalue weighted by atomic mass is 10.1. The van der Waals surface area contributed by atoms with Gasteiger partial charge in [0, 0.05) is 0 Å². The summed E-state index contributed by atoms with van der Waals surface area (Å²) < 4.78 is 5.24. The summed E-state index contributed by atoms with van der Waals surface area (Å²) in [5.74, 6) is 0.887. The third-order valence-electron chi connectivity index (χ3n) is 2.63. The fourth-order valence-electron chi connectivity index (χ4n) is 1.81. The highest BCUT2D eigenvalue weighted by molar-refractivity contribution is 7.15. The molecule has 90 valence electrons. The lowest BCUT2D eigenvalue weighted by Crippen LogP contribution is -1.87. The second-order valence-corrected chi connectivity index (χ2v) is 4.95. The highest BCUT2D eigenvalue weighted by Crippen LogP contribution is 2.32. The molecule has 0 unspecified atom stereocenters. The number of ether oxygens (including phenoxy) is 1. The first-order chi connectivity index (χ1) is 8.15. The van der Waals surface area contributed by atoms with Crippen LogP contribution >= 0.6 is 11.3 Å². The first-order valence-electron chi connectivity index (χ1n) is 5.38. The number of hydrogen-bond donors (Lipinski definition) is 1. The number of aliphatic hydroxyl groups is 1. The number of rotatable bonds is 3. The van der Waals surface area contributed by atoms with Crippen molar-refractivity contribution in [3.63, 3.8) is 0 Å². The van der Waals surface area contributed by atoms with Crippen LogP contribution in [0, 0.1) is 13.8 Å². The smallest absolute Gasteiger partial charge is 0.121 e. The molecule has 1 aromatic carbocycles. The van der Waals surface area contributed by atoms with Gasteiger partial charge in [0.15, 0.2) is 0 Å². The molecule has 0 spiro atoms. The summed E-state index contributed by atoms with van der Waals surface area (Å²) in [5, 5.41) is 9.84. The van der Waals surface area contributed by atoms with Gasteiger partial charge >= 0.3 is 0 Å². The van der Waals surface area contributed by atoms with Gasteiger partial charge in [-0.1, -0.05) is 0 Å². The van der Waals surface area contributed by atoms with E-state index in [-0.39, 0.29) is 6.61 Å². The van der Waals surface area contributed by atoms with E-state index in [1.165, 1.54) is 11.3 Å². The zero-order valence-electron chi connectivity index (χ0n) is 10.2. The Hall–Kier alpha value is -1.39. The first-order valence-corrected chi connectivity index (χ1v) is 6.19. The van der Waals surface area contributed by atoms with Crippen LogP contribution < -0.4 is 4.74 Å². The topological polar surface area (TPSA) is 42.4 Å². The van der Waals surface area contributed by atoms with Crippen LogP contribution in [0.3, 0.4) is 0 Å². The number of nitrogens with zero attached hydrogens (tertiary/aromatic N) is 1. The molecule has 0 saturated carbocycles. The molecule has 0 aliphatic heterocycles. The van der Waals surface area contributed by atoms with Gasteiger partial charge in [0.25, 0.3) is 0 Å². The quantitative estimate of drug-likeness (QED) is 0.909. The van der Waals surface area contributed by atoms with E-state index in [2.05, 4.69) is 11.1 Å². The molecule has 0 bridgehead atoms. The third kappa shape index (κ3) is 2.33. The molecule has 0 aliphatic carbocycles. The number of aliphatic hydroxyl groups excluding tert-OH is 1. The summed E-state index contributed by atoms with van der Waals surface area (Å²) in [6.07, 6.45) is 0. The molecule has 1 N–H and O–H groups in total. The molecule has 0 amide bonds. The fraction of sp³-hybridized carbons (Fsp3) is 0.308. The van der Waals surface area contributed by atoms with Gasteiger partial charge in [0.1, 0.15) is 10.8 Å². The maximum Gasteiger partial charge on any atom is 0.121 e. The van der Waals surface area contributed by atoms with E-state index in [0.29, 0.717) is 0 Å². The Morgan fingerprint density at radius 3 is 2.65 bits per heavy atom. The summed E-state index contributed by atoms with van der Waals surface area (Å²) in [7, 11) is 1.67. The van der Waals surface area contributed by atoms with Crippen molar-refractivity contribution in [1.82, 2.24) is 4.98 Å². The van der Waals surface area contributed by atoms with Crippen LogP contribution in [0.15, 0.2) is 18.2 Å². The number of aryl methyl sites for hydroxylation is 2. The van der Waals surface area contributed by atoms with Gasteiger partial charge in [-0.05, 0) is 43.2 Å². The van der Waals surface area contributed by atoms with Crippen LogP contribution in [0.2, 0.25) is 0 Å². The highest BCUT2D eigenvalue weighted by atomic mass is 32.1. The predicted octanol–water partition coefficient (Wildman–Crippen LogP) is 2.93. The molecular weight excluding hydrogens is 234 g/mol. The van der Waals surface area contributed by atoms with Gasteiger partial charge in [0.2, 0.25) is 0 Å². The second kappa shape index (κ2) is 4.85. The molecule has 2 aromatic rings. The van der Waals surface area contributed by atoms with E-state index in [9.17, 15) is 0 Å². The Kier molecular flexibility index (Phi) is 3.45. The summed E-state index contributed by atoms with van der Waals surface area (Å²) >= 11 is 1.53. The van der Waals surface area contributed by atoms with Gasteiger partial charge < -0.3 is 9.84 Å². The first kappa shape index (κ1) is 12.1. The van der Waals surface area contributed by atoms with Crippen molar-refractivity contribution >= 4 is 11.3 Å². The fourth-order valence-corrected chi connectivity index (χ4v) is 2.73. The van der Waals surface area contributed by atoms with Gasteiger partial charge in [0.05, 0.1) is 24.3 Å². The van der Waals surface area contributed by atoms with Gasteiger partial charge in [-0.25, -0.2) is 4.98 Å². The Labute approximate surface area is 105 Å². The second-order valence-electron chi connectivity index (χ2n) is 3.86. The standard InChI is InChI=1S/C13H15NO2S/c1-8-6-10(4-5-11(8)16-3)13-9(2)14-12(7-15)17-13/h4-6,15H,7H2,1-3H3. The molecule has 0 fully saturated rings. The van der Waals surface area contributed by atoms with Crippen molar-refractivity contribution in [3.8, 4) is 16.2 Å². The Morgan fingerprint density at radius 2 is 2.12 bits per heavy atom. The zero-order chi connectivity index (χ0) is 12.4. The van der Waals surface area contributed by atoms with E-state index in [0.717, 1.165) is 32.5 Å². The Morgan fingerprint density at radius 1 is 1.35 bits per heavy atom. The zero-order valence-corrected chi connectivity index (χ0v) is 11.0. The summed E-state index contributed by atoms with van der Waals surface area (Å²) in [6, 6.07) is 6.07. The van der Waals surface area contributed by atoms with Crippen molar-refractivity contribution in [1.29, 1.82) is 0 Å². The molecule has 1 aromatic heterocycles. The van der Waals surface area contributed by atoms with Crippen LogP contribution in [0.5, 0.6) is 5.75 Å². The number of methoxy groups -OCH3 is 1. The van der Waals surface area contributed by atoms with Gasteiger partial charge in [-0.15, -0.1) is 11.3 Å². The predicted molar refractivity (Wildman–Crippen MR) is 69.5 cm³/mol.